The van der Waals surface area contributed by atoms with Crippen molar-refractivity contribution in [2.75, 3.05) is 12.8 Å². The molecule has 1 aliphatic carbocycles. The van der Waals surface area contributed by atoms with Crippen LogP contribution in [0, 0.1) is 0 Å². The molecular formula is C15H18N2OS. The van der Waals surface area contributed by atoms with Crippen molar-refractivity contribution in [3.8, 4) is 0 Å². The Hall–Kier alpha value is -1.42. The lowest BCUT2D eigenvalue weighted by molar-refractivity contribution is 0.0945. The summed E-state index contributed by atoms with van der Waals surface area (Å²) in [7, 11) is 0. The van der Waals surface area contributed by atoms with Gasteiger partial charge in [-0.15, -0.1) is 0 Å². The zero-order valence-electron chi connectivity index (χ0n) is 11.0. The van der Waals surface area contributed by atoms with E-state index >= 15 is 0 Å². The van der Waals surface area contributed by atoms with Gasteiger partial charge in [-0.05, 0) is 37.3 Å². The molecule has 2 aromatic rings. The normalized spacial score (nSPS) is 17.1. The first kappa shape index (κ1) is 12.6. The van der Waals surface area contributed by atoms with Crippen LogP contribution in [0.25, 0.3) is 10.9 Å². The predicted molar refractivity (Wildman–Crippen MR) is 80.7 cm³/mol. The van der Waals surface area contributed by atoms with E-state index in [1.807, 2.05) is 42.2 Å². The Bertz CT molecular complexity index is 595. The highest BCUT2D eigenvalue weighted by molar-refractivity contribution is 8.00. The molecule has 1 aromatic carbocycles. The molecule has 0 bridgehead atoms. The van der Waals surface area contributed by atoms with Gasteiger partial charge in [0.05, 0.1) is 0 Å². The number of amides is 1. The number of rotatable bonds is 4. The van der Waals surface area contributed by atoms with E-state index in [2.05, 4.69) is 16.6 Å². The largest absolute Gasteiger partial charge is 0.361 e. The fraction of sp³-hybridized carbons (Fsp3) is 0.400. The Kier molecular flexibility index (Phi) is 3.27. The topological polar surface area (TPSA) is 44.9 Å². The summed E-state index contributed by atoms with van der Waals surface area (Å²) in [6.07, 6.45) is 7.71. The highest BCUT2D eigenvalue weighted by Gasteiger charge is 2.36. The maximum Gasteiger partial charge on any atom is 0.252 e. The van der Waals surface area contributed by atoms with Gasteiger partial charge >= 0.3 is 0 Å². The molecule has 0 unspecified atom stereocenters. The Morgan fingerprint density at radius 2 is 2.26 bits per heavy atom. The van der Waals surface area contributed by atoms with E-state index in [0.29, 0.717) is 0 Å². The molecule has 4 heteroatoms. The summed E-state index contributed by atoms with van der Waals surface area (Å²) in [6, 6.07) is 7.75. The van der Waals surface area contributed by atoms with Crippen molar-refractivity contribution in [1.29, 1.82) is 0 Å². The number of carbonyl (C=O) groups is 1. The molecule has 3 nitrogen and oxygen atoms in total. The number of aromatic amines is 1. The van der Waals surface area contributed by atoms with Crippen LogP contribution in [0.2, 0.25) is 0 Å². The number of nitrogens with one attached hydrogen (secondary N) is 2. The molecule has 0 spiro atoms. The van der Waals surface area contributed by atoms with Crippen molar-refractivity contribution in [2.24, 2.45) is 0 Å². The molecule has 1 aromatic heterocycles. The average molecular weight is 274 g/mol. The molecule has 1 fully saturated rings. The van der Waals surface area contributed by atoms with Gasteiger partial charge in [0.15, 0.2) is 0 Å². The van der Waals surface area contributed by atoms with E-state index in [9.17, 15) is 4.79 Å². The lowest BCUT2D eigenvalue weighted by Gasteiger charge is -2.40. The van der Waals surface area contributed by atoms with Crippen molar-refractivity contribution in [1.82, 2.24) is 10.3 Å². The summed E-state index contributed by atoms with van der Waals surface area (Å²) in [5.41, 5.74) is 1.77. The standard InChI is InChI=1S/C15H18N2OS/c1-19-15(7-3-8-15)10-17-14(18)12-4-2-5-13-11(12)6-9-16-13/h2,4-6,9,16H,3,7-8,10H2,1H3,(H,17,18). The molecule has 2 N–H and O–H groups in total. The third-order valence-electron chi connectivity index (χ3n) is 4.11. The second-order valence-corrected chi connectivity index (χ2v) is 6.44. The third kappa shape index (κ3) is 2.25. The smallest absolute Gasteiger partial charge is 0.252 e. The van der Waals surface area contributed by atoms with E-state index < -0.39 is 0 Å². The molecule has 3 rings (SSSR count). The summed E-state index contributed by atoms with van der Waals surface area (Å²) in [5.74, 6) is 0.0329. The van der Waals surface area contributed by atoms with E-state index in [0.717, 1.165) is 23.0 Å². The van der Waals surface area contributed by atoms with Crippen molar-refractivity contribution in [3.05, 3.63) is 36.0 Å². The van der Waals surface area contributed by atoms with Crippen LogP contribution in [-0.2, 0) is 0 Å². The van der Waals surface area contributed by atoms with Gasteiger partial charge in [-0.1, -0.05) is 12.5 Å². The first-order chi connectivity index (χ1) is 9.24. The maximum absolute atomic E-state index is 12.3. The third-order valence-corrected chi connectivity index (χ3v) is 5.53. The average Bonchev–Trinajstić information content (AvgIpc) is 2.85. The van der Waals surface area contributed by atoms with Gasteiger partial charge < -0.3 is 10.3 Å². The molecule has 1 heterocycles. The Labute approximate surface area is 117 Å². The molecule has 0 aliphatic heterocycles. The summed E-state index contributed by atoms with van der Waals surface area (Å²) >= 11 is 1.88. The van der Waals surface area contributed by atoms with Gasteiger partial charge in [0.25, 0.3) is 5.91 Å². The number of thioether (sulfide) groups is 1. The van der Waals surface area contributed by atoms with E-state index in [1.54, 1.807) is 0 Å². The van der Waals surface area contributed by atoms with E-state index in [-0.39, 0.29) is 10.7 Å². The van der Waals surface area contributed by atoms with Crippen LogP contribution < -0.4 is 5.32 Å². The number of H-pyrrole nitrogens is 1. The van der Waals surface area contributed by atoms with Crippen LogP contribution in [0.3, 0.4) is 0 Å². The Morgan fingerprint density at radius 3 is 2.95 bits per heavy atom. The molecule has 19 heavy (non-hydrogen) atoms. The Morgan fingerprint density at radius 1 is 1.42 bits per heavy atom. The molecule has 0 atom stereocenters. The fourth-order valence-corrected chi connectivity index (χ4v) is 3.56. The van der Waals surface area contributed by atoms with Crippen LogP contribution in [0.15, 0.2) is 30.5 Å². The van der Waals surface area contributed by atoms with Gasteiger partial charge in [0.1, 0.15) is 0 Å². The fourth-order valence-electron chi connectivity index (χ4n) is 2.64. The number of hydrogen-bond acceptors (Lipinski definition) is 2. The zero-order valence-corrected chi connectivity index (χ0v) is 11.8. The summed E-state index contributed by atoms with van der Waals surface area (Å²) < 4.78 is 0.279. The molecule has 1 saturated carbocycles. The van der Waals surface area contributed by atoms with Crippen molar-refractivity contribution in [3.63, 3.8) is 0 Å². The summed E-state index contributed by atoms with van der Waals surface area (Å²) in [4.78, 5) is 15.5. The van der Waals surface area contributed by atoms with Crippen LogP contribution in [-0.4, -0.2) is 28.4 Å². The molecular weight excluding hydrogens is 256 g/mol. The first-order valence-corrected chi connectivity index (χ1v) is 7.86. The second kappa shape index (κ2) is 4.93. The lowest BCUT2D eigenvalue weighted by atomic mass is 9.84. The van der Waals surface area contributed by atoms with E-state index in [1.165, 1.54) is 19.3 Å². The molecule has 1 amide bonds. The highest BCUT2D eigenvalue weighted by atomic mass is 32.2. The Balaban J connectivity index is 1.75. The van der Waals surface area contributed by atoms with Gasteiger partial charge in [-0.25, -0.2) is 0 Å². The minimum absolute atomic E-state index is 0.0329. The van der Waals surface area contributed by atoms with Crippen molar-refractivity contribution >= 4 is 28.6 Å². The molecule has 100 valence electrons. The predicted octanol–water partition coefficient (Wildman–Crippen LogP) is 3.18. The monoisotopic (exact) mass is 274 g/mol. The van der Waals surface area contributed by atoms with Gasteiger partial charge in [0, 0.05) is 34.0 Å². The number of hydrogen-bond donors (Lipinski definition) is 2. The van der Waals surface area contributed by atoms with Crippen LogP contribution in [0.4, 0.5) is 0 Å². The highest BCUT2D eigenvalue weighted by Crippen LogP contribution is 2.42. The van der Waals surface area contributed by atoms with Gasteiger partial charge in [-0.2, -0.15) is 11.8 Å². The van der Waals surface area contributed by atoms with Gasteiger partial charge in [0.2, 0.25) is 0 Å². The summed E-state index contributed by atoms with van der Waals surface area (Å²) in [6.45, 7) is 0.772. The van der Waals surface area contributed by atoms with Crippen molar-refractivity contribution in [2.45, 2.75) is 24.0 Å². The van der Waals surface area contributed by atoms with Gasteiger partial charge in [-0.3, -0.25) is 4.79 Å². The van der Waals surface area contributed by atoms with Crippen LogP contribution >= 0.6 is 11.8 Å². The van der Waals surface area contributed by atoms with Crippen molar-refractivity contribution < 1.29 is 4.79 Å². The number of benzene rings is 1. The molecule has 1 aliphatic rings. The first-order valence-electron chi connectivity index (χ1n) is 6.64. The molecule has 0 saturated heterocycles. The minimum Gasteiger partial charge on any atom is -0.361 e. The molecule has 0 radical (unpaired) electrons. The van der Waals surface area contributed by atoms with E-state index in [4.69, 9.17) is 0 Å². The SMILES string of the molecule is CSC1(CNC(=O)c2cccc3[nH]ccc23)CCC1. The minimum atomic E-state index is 0.0329. The maximum atomic E-state index is 12.3. The lowest BCUT2D eigenvalue weighted by Crippen LogP contribution is -2.45. The summed E-state index contributed by atoms with van der Waals surface area (Å²) in [5, 5.41) is 4.09. The quantitative estimate of drug-likeness (QED) is 0.899. The van der Waals surface area contributed by atoms with Crippen LogP contribution in [0.1, 0.15) is 29.6 Å². The zero-order chi connectivity index (χ0) is 13.3. The number of fused-ring (bicyclic) bond motifs is 1. The number of aromatic nitrogens is 1. The van der Waals surface area contributed by atoms with Crippen LogP contribution in [0.5, 0.6) is 0 Å². The number of carbonyl (C=O) groups excluding carboxylic acids is 1. The second-order valence-electron chi connectivity index (χ2n) is 5.17.